The summed E-state index contributed by atoms with van der Waals surface area (Å²) in [6.07, 6.45) is 0. The molecule has 2 nitrogen and oxygen atoms in total. The van der Waals surface area contributed by atoms with Crippen LogP contribution in [0.25, 0.3) is 10.4 Å². The maximum Gasteiger partial charge on any atom is 0.128 e. The van der Waals surface area contributed by atoms with E-state index in [2.05, 4.69) is 22.0 Å². The maximum absolute atomic E-state index is 8.87. The highest BCUT2D eigenvalue weighted by Crippen LogP contribution is 2.36. The summed E-state index contributed by atoms with van der Waals surface area (Å²) in [7, 11) is 0. The van der Waals surface area contributed by atoms with Gasteiger partial charge >= 0.3 is 0 Å². The van der Waals surface area contributed by atoms with Gasteiger partial charge in [-0.05, 0) is 30.2 Å². The summed E-state index contributed by atoms with van der Waals surface area (Å²) < 4.78 is 1.07. The fraction of sp³-hybridized carbons (Fsp3) is 0.0833. The van der Waals surface area contributed by atoms with E-state index in [9.17, 15) is 0 Å². The minimum Gasteiger partial charge on any atom is -0.397 e. The number of hydrogen-bond acceptors (Lipinski definition) is 3. The largest absolute Gasteiger partial charge is 0.397 e. The minimum atomic E-state index is 0.557. The molecule has 2 aromatic rings. The second-order valence-corrected chi connectivity index (χ2v) is 5.33. The van der Waals surface area contributed by atoms with Crippen LogP contribution in [0.2, 0.25) is 0 Å². The Balaban J connectivity index is 2.60. The number of nitrogens with two attached hydrogens (primary N) is 1. The van der Waals surface area contributed by atoms with Crippen LogP contribution in [0.15, 0.2) is 28.7 Å². The highest BCUT2D eigenvalue weighted by atomic mass is 79.9. The van der Waals surface area contributed by atoms with Crippen molar-refractivity contribution in [2.75, 3.05) is 5.73 Å². The Morgan fingerprint density at radius 1 is 1.44 bits per heavy atom. The molecule has 0 saturated carbocycles. The van der Waals surface area contributed by atoms with Crippen molar-refractivity contribution in [1.82, 2.24) is 0 Å². The Morgan fingerprint density at radius 2 is 2.19 bits per heavy atom. The highest BCUT2D eigenvalue weighted by Gasteiger charge is 2.10. The van der Waals surface area contributed by atoms with Crippen LogP contribution >= 0.6 is 27.3 Å². The van der Waals surface area contributed by atoms with Gasteiger partial charge < -0.3 is 5.73 Å². The molecule has 1 aromatic heterocycles. The van der Waals surface area contributed by atoms with Crippen LogP contribution in [0.4, 0.5) is 5.69 Å². The normalized spacial score (nSPS) is 10.1. The highest BCUT2D eigenvalue weighted by molar-refractivity contribution is 9.10. The van der Waals surface area contributed by atoms with E-state index >= 15 is 0 Å². The van der Waals surface area contributed by atoms with Crippen molar-refractivity contribution in [3.8, 4) is 16.5 Å². The van der Waals surface area contributed by atoms with Crippen LogP contribution in [-0.2, 0) is 0 Å². The Hall–Kier alpha value is -1.31. The predicted molar refractivity (Wildman–Crippen MR) is 71.3 cm³/mol. The van der Waals surface area contributed by atoms with Crippen molar-refractivity contribution in [3.63, 3.8) is 0 Å². The van der Waals surface area contributed by atoms with Crippen molar-refractivity contribution >= 4 is 33.0 Å². The van der Waals surface area contributed by atoms with Crippen LogP contribution in [0, 0.1) is 18.3 Å². The first-order chi connectivity index (χ1) is 7.63. The molecule has 0 unspecified atom stereocenters. The number of hydrogen-bond donors (Lipinski definition) is 1. The van der Waals surface area contributed by atoms with Gasteiger partial charge in [0.05, 0.1) is 5.69 Å². The van der Waals surface area contributed by atoms with Gasteiger partial charge in [0, 0.05) is 9.35 Å². The first-order valence-electron chi connectivity index (χ1n) is 4.68. The average Bonchev–Trinajstić information content (AvgIpc) is 2.63. The molecule has 0 amide bonds. The first kappa shape index (κ1) is 11.2. The van der Waals surface area contributed by atoms with Gasteiger partial charge in [-0.15, -0.1) is 11.3 Å². The summed E-state index contributed by atoms with van der Waals surface area (Å²) in [6.45, 7) is 2.04. The summed E-state index contributed by atoms with van der Waals surface area (Å²) in [5, 5.41) is 8.87. The molecule has 1 aromatic carbocycles. The molecule has 80 valence electrons. The van der Waals surface area contributed by atoms with Gasteiger partial charge in [-0.25, -0.2) is 0 Å². The Morgan fingerprint density at radius 3 is 2.81 bits per heavy atom. The zero-order chi connectivity index (χ0) is 11.7. The zero-order valence-electron chi connectivity index (χ0n) is 8.62. The number of halogens is 1. The second-order valence-electron chi connectivity index (χ2n) is 3.42. The molecule has 0 radical (unpaired) electrons. The molecule has 0 atom stereocenters. The predicted octanol–water partition coefficient (Wildman–Crippen LogP) is 3.94. The molecule has 0 spiro atoms. The molecule has 4 heteroatoms. The third-order valence-electron chi connectivity index (χ3n) is 2.40. The van der Waals surface area contributed by atoms with Crippen LogP contribution in [-0.4, -0.2) is 0 Å². The molecule has 16 heavy (non-hydrogen) atoms. The number of nitrogen functional groups attached to an aromatic ring is 1. The van der Waals surface area contributed by atoms with Crippen LogP contribution in [0.5, 0.6) is 0 Å². The standard InChI is InChI=1S/C12H9BrN2S/c1-7-8(3-2-4-9(7)13)11-5-10(15)12(6-14)16-11/h2-5H,15H2,1H3. The summed E-state index contributed by atoms with van der Waals surface area (Å²) in [5.74, 6) is 0. The Kier molecular flexibility index (Phi) is 2.99. The van der Waals surface area contributed by atoms with Crippen molar-refractivity contribution in [2.24, 2.45) is 0 Å². The van der Waals surface area contributed by atoms with Crippen LogP contribution in [0.3, 0.4) is 0 Å². The van der Waals surface area contributed by atoms with Gasteiger partial charge in [0.25, 0.3) is 0 Å². The van der Waals surface area contributed by atoms with E-state index in [0.717, 1.165) is 20.5 Å². The quantitative estimate of drug-likeness (QED) is 0.865. The van der Waals surface area contributed by atoms with Crippen molar-refractivity contribution in [1.29, 1.82) is 5.26 Å². The van der Waals surface area contributed by atoms with Crippen molar-refractivity contribution in [2.45, 2.75) is 6.92 Å². The molecule has 0 fully saturated rings. The summed E-state index contributed by atoms with van der Waals surface area (Å²) >= 11 is 4.92. The van der Waals surface area contributed by atoms with Gasteiger partial charge in [0.1, 0.15) is 10.9 Å². The third-order valence-corrected chi connectivity index (χ3v) is 4.34. The summed E-state index contributed by atoms with van der Waals surface area (Å²) in [6, 6.07) is 9.98. The third kappa shape index (κ3) is 1.84. The van der Waals surface area contributed by atoms with Crippen molar-refractivity contribution in [3.05, 3.63) is 39.2 Å². The lowest BCUT2D eigenvalue weighted by Gasteiger charge is -2.04. The molecular formula is C12H9BrN2S. The minimum absolute atomic E-state index is 0.557. The van der Waals surface area contributed by atoms with Gasteiger partial charge in [0.2, 0.25) is 0 Å². The number of nitrogens with zero attached hydrogens (tertiary/aromatic N) is 1. The van der Waals surface area contributed by atoms with E-state index < -0.39 is 0 Å². The van der Waals surface area contributed by atoms with Gasteiger partial charge in [-0.1, -0.05) is 28.1 Å². The molecule has 1 heterocycles. The van der Waals surface area contributed by atoms with Crippen LogP contribution < -0.4 is 5.73 Å². The molecule has 0 bridgehead atoms. The van der Waals surface area contributed by atoms with E-state index in [0.29, 0.717) is 10.6 Å². The number of rotatable bonds is 1. The van der Waals surface area contributed by atoms with Gasteiger partial charge in [-0.3, -0.25) is 0 Å². The summed E-state index contributed by atoms with van der Waals surface area (Å²) in [5.41, 5.74) is 8.59. The molecule has 2 N–H and O–H groups in total. The summed E-state index contributed by atoms with van der Waals surface area (Å²) in [4.78, 5) is 1.61. The van der Waals surface area contributed by atoms with E-state index in [1.54, 1.807) is 0 Å². The SMILES string of the molecule is Cc1c(Br)cccc1-c1cc(N)c(C#N)s1. The Labute approximate surface area is 106 Å². The smallest absolute Gasteiger partial charge is 0.128 e. The zero-order valence-corrected chi connectivity index (χ0v) is 11.0. The van der Waals surface area contributed by atoms with E-state index in [1.165, 1.54) is 11.3 Å². The molecule has 0 saturated heterocycles. The van der Waals surface area contributed by atoms with Gasteiger partial charge in [0.15, 0.2) is 0 Å². The molecule has 0 aliphatic rings. The number of benzene rings is 1. The first-order valence-corrected chi connectivity index (χ1v) is 6.29. The van der Waals surface area contributed by atoms with E-state index in [4.69, 9.17) is 11.0 Å². The van der Waals surface area contributed by atoms with Gasteiger partial charge in [-0.2, -0.15) is 5.26 Å². The maximum atomic E-state index is 8.87. The number of nitriles is 1. The number of thiophene rings is 1. The average molecular weight is 293 g/mol. The fourth-order valence-corrected chi connectivity index (χ4v) is 2.83. The van der Waals surface area contributed by atoms with Crippen molar-refractivity contribution < 1.29 is 0 Å². The lowest BCUT2D eigenvalue weighted by molar-refractivity contribution is 1.44. The molecule has 0 aliphatic heterocycles. The molecular weight excluding hydrogens is 284 g/mol. The van der Waals surface area contributed by atoms with E-state index in [-0.39, 0.29) is 0 Å². The lowest BCUT2D eigenvalue weighted by atomic mass is 10.1. The topological polar surface area (TPSA) is 49.8 Å². The molecule has 0 aliphatic carbocycles. The lowest BCUT2D eigenvalue weighted by Crippen LogP contribution is -1.83. The molecule has 2 rings (SSSR count). The monoisotopic (exact) mass is 292 g/mol. The number of anilines is 1. The van der Waals surface area contributed by atoms with E-state index in [1.807, 2.05) is 31.2 Å². The Bertz CT molecular complexity index is 581. The second kappa shape index (κ2) is 4.28. The van der Waals surface area contributed by atoms with Crippen LogP contribution in [0.1, 0.15) is 10.4 Å². The fourth-order valence-electron chi connectivity index (χ4n) is 1.50.